The van der Waals surface area contributed by atoms with Crippen molar-refractivity contribution < 1.29 is 0 Å². The van der Waals surface area contributed by atoms with Crippen molar-refractivity contribution in [3.63, 3.8) is 0 Å². The van der Waals surface area contributed by atoms with Crippen LogP contribution in [0, 0.1) is 0 Å². The molecule has 0 unspecified atom stereocenters. The molecule has 0 spiro atoms. The highest BCUT2D eigenvalue weighted by atomic mass is 32.2. The van der Waals surface area contributed by atoms with Crippen LogP contribution in [0.2, 0.25) is 0 Å². The summed E-state index contributed by atoms with van der Waals surface area (Å²) in [6.45, 7) is 14.1. The van der Waals surface area contributed by atoms with Gasteiger partial charge in [-0.1, -0.05) is 388 Å². The van der Waals surface area contributed by atoms with Crippen LogP contribution in [0.1, 0.15) is 427 Å². The van der Waals surface area contributed by atoms with Gasteiger partial charge in [-0.2, -0.15) is 0 Å². The molecule has 4 aromatic rings. The molecule has 4 aromatic carbocycles. The maximum Gasteiger partial charge on any atom is 0.0215 e. The van der Waals surface area contributed by atoms with Crippen LogP contribution in [-0.4, -0.2) is 34.5 Å². The quantitative estimate of drug-likeness (QED) is 0.0244. The van der Waals surface area contributed by atoms with Gasteiger partial charge in [0.2, 0.25) is 0 Å². The average molecular weight is 1430 g/mol. The molecule has 0 N–H and O–H groups in total. The Labute approximate surface area is 624 Å². The Balaban J connectivity index is 1.78. The van der Waals surface area contributed by atoms with Crippen molar-refractivity contribution in [1.82, 2.24) is 0 Å². The molecule has 0 radical (unpaired) electrons. The molecule has 0 aliphatic heterocycles. The highest BCUT2D eigenvalue weighted by molar-refractivity contribution is 8.03. The van der Waals surface area contributed by atoms with E-state index in [1.165, 1.54) is 452 Å². The van der Waals surface area contributed by atoms with E-state index >= 15 is 0 Å². The summed E-state index contributed by atoms with van der Waals surface area (Å²) in [4.78, 5) is 9.39. The Kier molecular flexibility index (Phi) is 59.1. The minimum Gasteiger partial charge on any atom is -0.125 e. The van der Waals surface area contributed by atoms with Gasteiger partial charge in [-0.3, -0.25) is 0 Å². The summed E-state index contributed by atoms with van der Waals surface area (Å²) in [5.74, 6) is 7.41. The lowest BCUT2D eigenvalue weighted by molar-refractivity contribution is 0.563. The zero-order chi connectivity index (χ0) is 68.1. The van der Waals surface area contributed by atoms with Crippen molar-refractivity contribution in [3.8, 4) is 0 Å². The van der Waals surface area contributed by atoms with Gasteiger partial charge in [0.1, 0.15) is 0 Å². The molecule has 0 saturated carbocycles. The molecule has 0 heterocycles. The zero-order valence-electron chi connectivity index (χ0n) is 64.6. The minimum atomic E-state index is 1.23. The van der Waals surface area contributed by atoms with Crippen molar-refractivity contribution in [3.05, 3.63) is 36.4 Å². The Bertz CT molecular complexity index is 1940. The van der Waals surface area contributed by atoms with Gasteiger partial charge in [-0.15, -0.1) is 70.6 Å². The fourth-order valence-electron chi connectivity index (χ4n) is 14.3. The SMILES string of the molecule is CCCCCCCCCCCCSc1cc2c3cc(SCCCCCCCCCCCC)c(SCCCCCCCCCCCC)cc3c3cc(SCCCCCCCCCCCC)c(SCCCCCCCCCCCC)cc3c2cc1SCCCCCCCCCCCC. The van der Waals surface area contributed by atoms with Crippen LogP contribution < -0.4 is 0 Å². The summed E-state index contributed by atoms with van der Waals surface area (Å²) in [6, 6.07) is 16.6. The Morgan fingerprint density at radius 2 is 0.229 bits per heavy atom. The number of rotatable bonds is 72. The van der Waals surface area contributed by atoms with Gasteiger partial charge < -0.3 is 0 Å². The van der Waals surface area contributed by atoms with Crippen LogP contribution in [0.3, 0.4) is 0 Å². The molecule has 0 aromatic heterocycles. The first-order valence-electron chi connectivity index (χ1n) is 42.9. The first-order chi connectivity index (χ1) is 47.6. The van der Waals surface area contributed by atoms with Crippen molar-refractivity contribution in [2.24, 2.45) is 0 Å². The average Bonchev–Trinajstić information content (AvgIpc) is 0.729. The van der Waals surface area contributed by atoms with E-state index in [1.54, 1.807) is 29.4 Å². The van der Waals surface area contributed by atoms with E-state index in [2.05, 4.69) is 149 Å². The second kappa shape index (κ2) is 64.4. The van der Waals surface area contributed by atoms with E-state index < -0.39 is 0 Å². The van der Waals surface area contributed by atoms with Gasteiger partial charge in [0, 0.05) is 29.4 Å². The van der Waals surface area contributed by atoms with E-state index in [1.807, 2.05) is 0 Å². The molecule has 0 nitrogen and oxygen atoms in total. The summed E-state index contributed by atoms with van der Waals surface area (Å²) in [5.41, 5.74) is 0. The van der Waals surface area contributed by atoms with E-state index in [0.29, 0.717) is 0 Å². The number of benzene rings is 4. The van der Waals surface area contributed by atoms with Gasteiger partial charge in [0.25, 0.3) is 0 Å². The Morgan fingerprint density at radius 1 is 0.135 bits per heavy atom. The number of thioether (sulfide) groups is 6. The molecule has 96 heavy (non-hydrogen) atoms. The lowest BCUT2D eigenvalue weighted by atomic mass is 9.94. The molecule has 0 amide bonds. The number of hydrogen-bond acceptors (Lipinski definition) is 6. The lowest BCUT2D eigenvalue weighted by Gasteiger charge is -2.20. The minimum absolute atomic E-state index is 1.23. The molecule has 0 saturated heterocycles. The molecule has 4 rings (SSSR count). The number of fused-ring (bicyclic) bond motifs is 6. The first kappa shape index (κ1) is 88.2. The largest absolute Gasteiger partial charge is 0.125 e. The predicted octanol–water partition coefficient (Wildman–Crippen LogP) is 35.2. The second-order valence-electron chi connectivity index (χ2n) is 29.7. The Morgan fingerprint density at radius 3 is 0.333 bits per heavy atom. The zero-order valence-corrected chi connectivity index (χ0v) is 69.5. The fraction of sp³-hybridized carbons (Fsp3) is 0.800. The van der Waals surface area contributed by atoms with Crippen molar-refractivity contribution >= 4 is 103 Å². The number of hydrogen-bond donors (Lipinski definition) is 0. The summed E-state index contributed by atoms with van der Waals surface area (Å²) in [5, 5.41) is 9.14. The fourth-order valence-corrected chi connectivity index (χ4v) is 21.2. The summed E-state index contributed by atoms with van der Waals surface area (Å²) >= 11 is 13.3. The van der Waals surface area contributed by atoms with Crippen LogP contribution in [0.5, 0.6) is 0 Å². The van der Waals surface area contributed by atoms with Crippen LogP contribution in [0.15, 0.2) is 65.8 Å². The molecule has 6 heteroatoms. The summed E-state index contributed by atoms with van der Waals surface area (Å²) < 4.78 is 0. The van der Waals surface area contributed by atoms with Gasteiger partial charge in [-0.25, -0.2) is 0 Å². The van der Waals surface area contributed by atoms with E-state index in [4.69, 9.17) is 0 Å². The van der Waals surface area contributed by atoms with Gasteiger partial charge in [-0.05, 0) is 142 Å². The molecular weight excluding hydrogens is 1270 g/mol. The Hall–Kier alpha value is -0.240. The monoisotopic (exact) mass is 1430 g/mol. The van der Waals surface area contributed by atoms with Crippen molar-refractivity contribution in [2.45, 2.75) is 456 Å². The third-order valence-corrected chi connectivity index (χ3v) is 27.9. The summed E-state index contributed by atoms with van der Waals surface area (Å²) in [6.07, 6.45) is 84.2. The molecule has 0 aliphatic rings. The van der Waals surface area contributed by atoms with E-state index in [0.717, 1.165) is 0 Å². The highest BCUT2D eigenvalue weighted by Crippen LogP contribution is 2.48. The van der Waals surface area contributed by atoms with Gasteiger partial charge in [0.15, 0.2) is 0 Å². The topological polar surface area (TPSA) is 0 Å². The highest BCUT2D eigenvalue weighted by Gasteiger charge is 2.20. The molecular formula is C90H156S6. The van der Waals surface area contributed by atoms with Crippen LogP contribution in [0.25, 0.3) is 32.3 Å². The molecule has 0 atom stereocenters. The van der Waals surface area contributed by atoms with Gasteiger partial charge in [0.05, 0.1) is 0 Å². The van der Waals surface area contributed by atoms with Crippen LogP contribution >= 0.6 is 70.6 Å². The van der Waals surface area contributed by atoms with Crippen LogP contribution in [-0.2, 0) is 0 Å². The van der Waals surface area contributed by atoms with Gasteiger partial charge >= 0.3 is 0 Å². The lowest BCUT2D eigenvalue weighted by Crippen LogP contribution is -1.94. The maximum absolute atomic E-state index is 2.76. The van der Waals surface area contributed by atoms with E-state index in [9.17, 15) is 0 Å². The first-order valence-corrected chi connectivity index (χ1v) is 48.8. The summed E-state index contributed by atoms with van der Waals surface area (Å²) in [7, 11) is 0. The molecule has 552 valence electrons. The second-order valence-corrected chi connectivity index (χ2v) is 36.5. The smallest absolute Gasteiger partial charge is 0.0215 e. The third-order valence-electron chi connectivity index (χ3n) is 20.7. The normalized spacial score (nSPS) is 11.9. The standard InChI is InChI=1S/C90H156S6/c1-7-13-19-25-31-37-43-49-55-61-67-91-85-73-79-80(74-86(85)92-68-62-56-50-44-38-32-26-20-14-8-2)82-76-88(94-70-64-58-52-46-40-34-28-22-16-10-4)90(96-72-66-60-54-48-42-36-30-24-18-12-6)78-84(82)83-77-89(95-71-65-59-53-47-41-35-29-23-17-11-5)87(75-81(79)83)93-69-63-57-51-45-39-33-27-21-15-9-3/h73-78H,7-72H2,1-6H3. The van der Waals surface area contributed by atoms with Crippen LogP contribution in [0.4, 0.5) is 0 Å². The molecule has 0 fully saturated rings. The molecule has 0 aliphatic carbocycles. The van der Waals surface area contributed by atoms with E-state index in [-0.39, 0.29) is 0 Å². The molecule has 0 bridgehead atoms. The van der Waals surface area contributed by atoms with Crippen molar-refractivity contribution in [1.29, 1.82) is 0 Å². The third kappa shape index (κ3) is 42.5. The maximum atomic E-state index is 2.76. The number of unbranched alkanes of at least 4 members (excludes halogenated alkanes) is 54. The van der Waals surface area contributed by atoms with Crippen molar-refractivity contribution in [2.75, 3.05) is 34.5 Å². The predicted molar refractivity (Wildman–Crippen MR) is 454 cm³/mol.